The van der Waals surface area contributed by atoms with Crippen LogP contribution in [0.3, 0.4) is 0 Å². The Labute approximate surface area is 106 Å². The number of hydrogen-bond donors (Lipinski definition) is 1. The highest BCUT2D eigenvalue weighted by atomic mass is 79.9. The van der Waals surface area contributed by atoms with Crippen LogP contribution in [0.1, 0.15) is 10.5 Å². The standard InChI is InChI=1S/C8H3BrClNO2S2/c9-3-1-5(15-6(3)10)7-11-4(2-14-7)8(12)13/h1-2H,(H,12,13). The highest BCUT2D eigenvalue weighted by Gasteiger charge is 2.13. The molecular formula is C8H3BrClNO2S2. The third-order valence-electron chi connectivity index (χ3n) is 1.58. The van der Waals surface area contributed by atoms with E-state index in [1.54, 1.807) is 0 Å². The molecule has 0 aliphatic rings. The van der Waals surface area contributed by atoms with E-state index >= 15 is 0 Å². The van der Waals surface area contributed by atoms with Gasteiger partial charge >= 0.3 is 5.97 Å². The third kappa shape index (κ3) is 2.23. The second-order valence-corrected chi connectivity index (χ2v) is 5.94. The number of carboxylic acids is 1. The molecule has 2 aromatic heterocycles. The van der Waals surface area contributed by atoms with Crippen molar-refractivity contribution in [2.24, 2.45) is 0 Å². The molecule has 0 spiro atoms. The minimum absolute atomic E-state index is 0.0654. The first-order valence-corrected chi connectivity index (χ1v) is 6.58. The van der Waals surface area contributed by atoms with Crippen molar-refractivity contribution < 1.29 is 9.90 Å². The van der Waals surface area contributed by atoms with Crippen LogP contribution >= 0.6 is 50.2 Å². The van der Waals surface area contributed by atoms with E-state index in [2.05, 4.69) is 20.9 Å². The van der Waals surface area contributed by atoms with Crippen LogP contribution < -0.4 is 0 Å². The molecule has 1 N–H and O–H groups in total. The molecule has 0 saturated heterocycles. The molecule has 0 saturated carbocycles. The highest BCUT2D eigenvalue weighted by Crippen LogP contribution is 2.38. The van der Waals surface area contributed by atoms with Gasteiger partial charge < -0.3 is 5.11 Å². The van der Waals surface area contributed by atoms with Crippen molar-refractivity contribution in [1.29, 1.82) is 0 Å². The Hall–Kier alpha value is -0.430. The molecule has 2 rings (SSSR count). The van der Waals surface area contributed by atoms with Crippen LogP contribution in [0.15, 0.2) is 15.9 Å². The third-order valence-corrected chi connectivity index (χ3v) is 5.07. The second kappa shape index (κ2) is 4.21. The number of nitrogens with zero attached hydrogens (tertiary/aromatic N) is 1. The first kappa shape index (κ1) is 11.1. The molecule has 3 nitrogen and oxygen atoms in total. The summed E-state index contributed by atoms with van der Waals surface area (Å²) in [4.78, 5) is 15.5. The lowest BCUT2D eigenvalue weighted by Crippen LogP contribution is -1.95. The van der Waals surface area contributed by atoms with Gasteiger partial charge in [0.15, 0.2) is 5.69 Å². The van der Waals surface area contributed by atoms with Crippen molar-refractivity contribution in [1.82, 2.24) is 4.98 Å². The average Bonchev–Trinajstić information content (AvgIpc) is 2.74. The van der Waals surface area contributed by atoms with Gasteiger partial charge in [-0.3, -0.25) is 0 Å². The van der Waals surface area contributed by atoms with Gasteiger partial charge in [0.1, 0.15) is 9.34 Å². The smallest absolute Gasteiger partial charge is 0.355 e. The summed E-state index contributed by atoms with van der Waals surface area (Å²) in [5.74, 6) is -1.01. The molecule has 0 radical (unpaired) electrons. The predicted molar refractivity (Wildman–Crippen MR) is 65.1 cm³/mol. The van der Waals surface area contributed by atoms with E-state index in [1.807, 2.05) is 6.07 Å². The zero-order valence-corrected chi connectivity index (χ0v) is 11.0. The SMILES string of the molecule is O=C(O)c1csc(-c2cc(Br)c(Cl)s2)n1. The lowest BCUT2D eigenvalue weighted by Gasteiger charge is -1.86. The number of aromatic carboxylic acids is 1. The van der Waals surface area contributed by atoms with E-state index in [0.717, 1.165) is 9.35 Å². The lowest BCUT2D eigenvalue weighted by atomic mass is 10.4. The van der Waals surface area contributed by atoms with Gasteiger partial charge in [0.25, 0.3) is 0 Å². The Bertz CT molecular complexity index is 503. The van der Waals surface area contributed by atoms with Crippen molar-refractivity contribution in [2.45, 2.75) is 0 Å². The second-order valence-electron chi connectivity index (χ2n) is 2.58. The summed E-state index contributed by atoms with van der Waals surface area (Å²) < 4.78 is 1.44. The molecule has 2 heterocycles. The molecule has 0 bridgehead atoms. The molecule has 0 aliphatic carbocycles. The zero-order valence-electron chi connectivity index (χ0n) is 7.03. The van der Waals surface area contributed by atoms with E-state index in [4.69, 9.17) is 16.7 Å². The first-order valence-electron chi connectivity index (χ1n) is 3.72. The van der Waals surface area contributed by atoms with Gasteiger partial charge in [0, 0.05) is 9.85 Å². The van der Waals surface area contributed by atoms with Crippen molar-refractivity contribution >= 4 is 56.2 Å². The van der Waals surface area contributed by atoms with Gasteiger partial charge in [-0.2, -0.15) is 0 Å². The molecule has 0 atom stereocenters. The molecule has 0 aromatic carbocycles. The van der Waals surface area contributed by atoms with Crippen LogP contribution in [0.5, 0.6) is 0 Å². The monoisotopic (exact) mass is 323 g/mol. The molecule has 78 valence electrons. The quantitative estimate of drug-likeness (QED) is 0.909. The molecule has 0 unspecified atom stereocenters. The molecule has 0 amide bonds. The summed E-state index contributed by atoms with van der Waals surface area (Å²) in [7, 11) is 0. The van der Waals surface area contributed by atoms with Crippen LogP contribution in [0.4, 0.5) is 0 Å². The zero-order chi connectivity index (χ0) is 11.0. The number of hydrogen-bond acceptors (Lipinski definition) is 4. The van der Waals surface area contributed by atoms with Crippen LogP contribution in [-0.4, -0.2) is 16.1 Å². The Morgan fingerprint density at radius 1 is 1.60 bits per heavy atom. The number of rotatable bonds is 2. The molecule has 0 aliphatic heterocycles. The number of halogens is 2. The maximum Gasteiger partial charge on any atom is 0.355 e. The largest absolute Gasteiger partial charge is 0.476 e. The van der Waals surface area contributed by atoms with Gasteiger partial charge in [-0.15, -0.1) is 22.7 Å². The number of carboxylic acid groups (broad SMARTS) is 1. The van der Waals surface area contributed by atoms with E-state index in [-0.39, 0.29) is 5.69 Å². The predicted octanol–water partition coefficient (Wildman–Crippen LogP) is 3.99. The summed E-state index contributed by atoms with van der Waals surface area (Å²) in [6, 6.07) is 1.83. The Balaban J connectivity index is 2.41. The maximum absolute atomic E-state index is 10.6. The summed E-state index contributed by atoms with van der Waals surface area (Å²) in [6.45, 7) is 0. The van der Waals surface area contributed by atoms with Crippen LogP contribution in [-0.2, 0) is 0 Å². The molecular weight excluding hydrogens is 322 g/mol. The van der Waals surface area contributed by atoms with E-state index in [0.29, 0.717) is 9.34 Å². The van der Waals surface area contributed by atoms with E-state index in [9.17, 15) is 4.79 Å². The van der Waals surface area contributed by atoms with Crippen molar-refractivity contribution in [3.8, 4) is 9.88 Å². The van der Waals surface area contributed by atoms with Gasteiger partial charge in [-0.25, -0.2) is 9.78 Å². The lowest BCUT2D eigenvalue weighted by molar-refractivity contribution is 0.0691. The van der Waals surface area contributed by atoms with Crippen LogP contribution in [0.2, 0.25) is 4.34 Å². The van der Waals surface area contributed by atoms with E-state index < -0.39 is 5.97 Å². The van der Waals surface area contributed by atoms with Crippen LogP contribution in [0, 0.1) is 0 Å². The number of carbonyl (C=O) groups is 1. The molecule has 7 heteroatoms. The normalized spacial score (nSPS) is 10.5. The summed E-state index contributed by atoms with van der Waals surface area (Å²) in [5.41, 5.74) is 0.0654. The fourth-order valence-corrected chi connectivity index (χ4v) is 3.50. The van der Waals surface area contributed by atoms with Gasteiger partial charge in [-0.1, -0.05) is 11.6 Å². The number of thiazole rings is 1. The minimum atomic E-state index is -1.01. The van der Waals surface area contributed by atoms with Gasteiger partial charge in [0.2, 0.25) is 0 Å². The average molecular weight is 325 g/mol. The molecule has 15 heavy (non-hydrogen) atoms. The van der Waals surface area contributed by atoms with Crippen molar-refractivity contribution in [3.63, 3.8) is 0 Å². The molecule has 2 aromatic rings. The van der Waals surface area contributed by atoms with E-state index in [1.165, 1.54) is 28.1 Å². The molecule has 0 fully saturated rings. The van der Waals surface area contributed by atoms with Crippen LogP contribution in [0.25, 0.3) is 9.88 Å². The Kier molecular flexibility index (Phi) is 3.11. The van der Waals surface area contributed by atoms with Crippen molar-refractivity contribution in [2.75, 3.05) is 0 Å². The summed E-state index contributed by atoms with van der Waals surface area (Å²) >= 11 is 11.8. The topological polar surface area (TPSA) is 50.2 Å². The maximum atomic E-state index is 10.6. The first-order chi connectivity index (χ1) is 7.08. The summed E-state index contributed by atoms with van der Waals surface area (Å²) in [5, 5.41) is 10.9. The fourth-order valence-electron chi connectivity index (χ4n) is 0.937. The van der Waals surface area contributed by atoms with Crippen molar-refractivity contribution in [3.05, 3.63) is 25.9 Å². The minimum Gasteiger partial charge on any atom is -0.476 e. The number of thiophene rings is 1. The van der Waals surface area contributed by atoms with Gasteiger partial charge in [-0.05, 0) is 22.0 Å². The Morgan fingerprint density at radius 2 is 2.33 bits per heavy atom. The number of aromatic nitrogens is 1. The fraction of sp³-hybridized carbons (Fsp3) is 0. The highest BCUT2D eigenvalue weighted by molar-refractivity contribution is 9.10. The van der Waals surface area contributed by atoms with Gasteiger partial charge in [0.05, 0.1) is 4.88 Å². The Morgan fingerprint density at radius 3 is 2.80 bits per heavy atom. The summed E-state index contributed by atoms with van der Waals surface area (Å²) in [6.07, 6.45) is 0.